The summed E-state index contributed by atoms with van der Waals surface area (Å²) in [6.45, 7) is 16.1. The number of carbonyl (C=O) groups is 2. The van der Waals surface area contributed by atoms with E-state index in [-0.39, 0.29) is 22.8 Å². The molecule has 0 aromatic heterocycles. The SMILES string of the molecule is CC(=O)N1CCC2(CCN(C(=O)OC(C)(C)C)CC2)c2ccc(C(C)(C)C)cc21. The van der Waals surface area contributed by atoms with E-state index < -0.39 is 5.60 Å². The molecule has 5 heteroatoms. The third kappa shape index (κ3) is 4.44. The van der Waals surface area contributed by atoms with Crippen molar-refractivity contribution in [1.82, 2.24) is 4.90 Å². The van der Waals surface area contributed by atoms with E-state index in [0.29, 0.717) is 13.1 Å². The van der Waals surface area contributed by atoms with Crippen molar-refractivity contribution in [2.24, 2.45) is 0 Å². The minimum Gasteiger partial charge on any atom is -0.444 e. The molecule has 2 heterocycles. The van der Waals surface area contributed by atoms with E-state index in [1.807, 2.05) is 30.6 Å². The largest absolute Gasteiger partial charge is 0.444 e. The first-order chi connectivity index (χ1) is 13.3. The summed E-state index contributed by atoms with van der Waals surface area (Å²) in [7, 11) is 0. The second kappa shape index (κ2) is 7.33. The lowest BCUT2D eigenvalue weighted by molar-refractivity contribution is -0.116. The summed E-state index contributed by atoms with van der Waals surface area (Å²) < 4.78 is 5.56. The van der Waals surface area contributed by atoms with Crippen molar-refractivity contribution in [3.05, 3.63) is 29.3 Å². The fourth-order valence-electron chi connectivity index (χ4n) is 4.54. The summed E-state index contributed by atoms with van der Waals surface area (Å²) in [4.78, 5) is 28.6. The van der Waals surface area contributed by atoms with Crippen LogP contribution in [0, 0.1) is 0 Å². The summed E-state index contributed by atoms with van der Waals surface area (Å²) in [6, 6.07) is 6.65. The average molecular weight is 401 g/mol. The highest BCUT2D eigenvalue weighted by Gasteiger charge is 2.43. The molecule has 0 unspecified atom stereocenters. The molecule has 0 N–H and O–H groups in total. The van der Waals surface area contributed by atoms with E-state index in [1.165, 1.54) is 11.1 Å². The summed E-state index contributed by atoms with van der Waals surface area (Å²) in [5.41, 5.74) is 3.14. The van der Waals surface area contributed by atoms with Gasteiger partial charge in [0.2, 0.25) is 5.91 Å². The van der Waals surface area contributed by atoms with E-state index in [2.05, 4.69) is 39.0 Å². The van der Waals surface area contributed by atoms with Crippen molar-refractivity contribution in [3.63, 3.8) is 0 Å². The Kier molecular flexibility index (Phi) is 5.48. The molecule has 29 heavy (non-hydrogen) atoms. The van der Waals surface area contributed by atoms with Gasteiger partial charge < -0.3 is 14.5 Å². The zero-order valence-electron chi connectivity index (χ0n) is 19.1. The van der Waals surface area contributed by atoms with Gasteiger partial charge in [-0.2, -0.15) is 0 Å². The number of anilines is 1. The molecule has 1 aromatic carbocycles. The van der Waals surface area contributed by atoms with Crippen molar-refractivity contribution in [3.8, 4) is 0 Å². The minimum atomic E-state index is -0.477. The van der Waals surface area contributed by atoms with E-state index in [0.717, 1.165) is 31.5 Å². The Morgan fingerprint density at radius 2 is 1.55 bits per heavy atom. The highest BCUT2D eigenvalue weighted by molar-refractivity contribution is 5.93. The topological polar surface area (TPSA) is 49.9 Å². The lowest BCUT2D eigenvalue weighted by Crippen LogP contribution is -2.50. The number of hydrogen-bond donors (Lipinski definition) is 0. The molecule has 2 aliphatic rings. The predicted octanol–water partition coefficient (Wildman–Crippen LogP) is 5.01. The van der Waals surface area contributed by atoms with E-state index in [1.54, 1.807) is 6.92 Å². The van der Waals surface area contributed by atoms with Crippen LogP contribution < -0.4 is 4.90 Å². The fourth-order valence-corrected chi connectivity index (χ4v) is 4.54. The van der Waals surface area contributed by atoms with Crippen LogP contribution in [0.25, 0.3) is 0 Å². The Balaban J connectivity index is 1.88. The van der Waals surface area contributed by atoms with Gasteiger partial charge in [-0.25, -0.2) is 4.79 Å². The van der Waals surface area contributed by atoms with Crippen LogP contribution >= 0.6 is 0 Å². The van der Waals surface area contributed by atoms with E-state index in [9.17, 15) is 9.59 Å². The maximum absolute atomic E-state index is 12.5. The molecule has 1 fully saturated rings. The summed E-state index contributed by atoms with van der Waals surface area (Å²) in [6.07, 6.45) is 2.52. The zero-order valence-corrected chi connectivity index (χ0v) is 19.1. The van der Waals surface area contributed by atoms with Gasteiger partial charge in [0.15, 0.2) is 0 Å². The van der Waals surface area contributed by atoms with Crippen LogP contribution in [0.15, 0.2) is 18.2 Å². The average Bonchev–Trinajstić information content (AvgIpc) is 2.60. The van der Waals surface area contributed by atoms with Crippen LogP contribution in [0.5, 0.6) is 0 Å². The molecular weight excluding hydrogens is 364 g/mol. The number of likely N-dealkylation sites (tertiary alicyclic amines) is 1. The number of hydrogen-bond acceptors (Lipinski definition) is 3. The number of benzene rings is 1. The van der Waals surface area contributed by atoms with Gasteiger partial charge in [-0.05, 0) is 62.6 Å². The van der Waals surface area contributed by atoms with Crippen LogP contribution in [0.4, 0.5) is 10.5 Å². The van der Waals surface area contributed by atoms with Crippen molar-refractivity contribution in [2.75, 3.05) is 24.5 Å². The molecule has 0 bridgehead atoms. The molecule has 160 valence electrons. The molecule has 0 aliphatic carbocycles. The van der Waals surface area contributed by atoms with Crippen LogP contribution in [0.3, 0.4) is 0 Å². The standard InChI is InChI=1S/C24H36N2O3/c1-17(27)26-15-12-24(19-9-8-18(16-20(19)26)22(2,3)4)10-13-25(14-11-24)21(28)29-23(5,6)7/h8-9,16H,10-15H2,1-7H3. The third-order valence-corrected chi connectivity index (χ3v) is 6.29. The maximum Gasteiger partial charge on any atom is 0.410 e. The number of nitrogens with zero attached hydrogens (tertiary/aromatic N) is 2. The van der Waals surface area contributed by atoms with Crippen molar-refractivity contribution in [2.45, 2.75) is 84.2 Å². The Morgan fingerprint density at radius 3 is 2.07 bits per heavy atom. The van der Waals surface area contributed by atoms with Gasteiger partial charge in [0.25, 0.3) is 0 Å². The van der Waals surface area contributed by atoms with Crippen molar-refractivity contribution < 1.29 is 14.3 Å². The van der Waals surface area contributed by atoms with Crippen LogP contribution in [-0.4, -0.2) is 42.1 Å². The smallest absolute Gasteiger partial charge is 0.410 e. The van der Waals surface area contributed by atoms with Gasteiger partial charge >= 0.3 is 6.09 Å². The van der Waals surface area contributed by atoms with Crippen molar-refractivity contribution >= 4 is 17.7 Å². The number of rotatable bonds is 0. The number of ether oxygens (including phenoxy) is 1. The normalized spacial score (nSPS) is 19.1. The first-order valence-corrected chi connectivity index (χ1v) is 10.7. The van der Waals surface area contributed by atoms with Gasteiger partial charge in [-0.3, -0.25) is 4.79 Å². The predicted molar refractivity (Wildman–Crippen MR) is 117 cm³/mol. The molecule has 0 saturated carbocycles. The highest BCUT2D eigenvalue weighted by atomic mass is 16.6. The molecule has 1 aromatic rings. The quantitative estimate of drug-likeness (QED) is 0.615. The summed E-state index contributed by atoms with van der Waals surface area (Å²) >= 11 is 0. The Labute approximate surface area is 175 Å². The van der Waals surface area contributed by atoms with Gasteiger partial charge in [0.1, 0.15) is 5.60 Å². The van der Waals surface area contributed by atoms with E-state index >= 15 is 0 Å². The van der Waals surface area contributed by atoms with E-state index in [4.69, 9.17) is 4.74 Å². The monoisotopic (exact) mass is 400 g/mol. The molecular formula is C24H36N2O3. The number of piperidine rings is 1. The van der Waals surface area contributed by atoms with Crippen LogP contribution in [0.1, 0.15) is 78.9 Å². The fraction of sp³-hybridized carbons (Fsp3) is 0.667. The summed E-state index contributed by atoms with van der Waals surface area (Å²) in [5.74, 6) is 0.0957. The molecule has 1 spiro atoms. The van der Waals surface area contributed by atoms with Crippen molar-refractivity contribution in [1.29, 1.82) is 0 Å². The number of amides is 2. The number of carbonyl (C=O) groups excluding carboxylic acids is 2. The molecule has 5 nitrogen and oxygen atoms in total. The van der Waals surface area contributed by atoms with Gasteiger partial charge in [-0.15, -0.1) is 0 Å². The lowest BCUT2D eigenvalue weighted by Gasteiger charge is -2.48. The lowest BCUT2D eigenvalue weighted by atomic mass is 9.67. The highest BCUT2D eigenvalue weighted by Crippen LogP contribution is 2.47. The summed E-state index contributed by atoms with van der Waals surface area (Å²) in [5, 5.41) is 0. The molecule has 1 saturated heterocycles. The second-order valence-corrected chi connectivity index (χ2v) is 10.7. The first kappa shape index (κ1) is 21.7. The molecule has 2 aliphatic heterocycles. The maximum atomic E-state index is 12.5. The van der Waals surface area contributed by atoms with Crippen LogP contribution in [0.2, 0.25) is 0 Å². The third-order valence-electron chi connectivity index (χ3n) is 6.29. The van der Waals surface area contributed by atoms with Gasteiger partial charge in [0, 0.05) is 37.7 Å². The zero-order chi connectivity index (χ0) is 21.6. The first-order valence-electron chi connectivity index (χ1n) is 10.7. The van der Waals surface area contributed by atoms with Crippen LogP contribution in [-0.2, 0) is 20.4 Å². The van der Waals surface area contributed by atoms with Gasteiger partial charge in [-0.1, -0.05) is 32.9 Å². The molecule has 3 rings (SSSR count). The molecule has 0 radical (unpaired) electrons. The molecule has 2 amide bonds. The minimum absolute atomic E-state index is 0.0240. The second-order valence-electron chi connectivity index (χ2n) is 10.7. The Bertz CT molecular complexity index is 793. The van der Waals surface area contributed by atoms with Gasteiger partial charge in [0.05, 0.1) is 0 Å². The Morgan fingerprint density at radius 1 is 0.966 bits per heavy atom. The molecule has 0 atom stereocenters. The number of fused-ring (bicyclic) bond motifs is 2. The Hall–Kier alpha value is -2.04.